The van der Waals surface area contributed by atoms with Gasteiger partial charge in [-0.15, -0.1) is 0 Å². The number of hydrogen-bond acceptors (Lipinski definition) is 1. The molecule has 0 aliphatic carbocycles. The average Bonchev–Trinajstić information content (AvgIpc) is 2.74. The topological polar surface area (TPSA) is 23.6 Å². The Hall–Kier alpha value is 0.150. The summed E-state index contributed by atoms with van der Waals surface area (Å²) in [6.45, 7) is 4.12. The molecule has 0 aromatic carbocycles. The predicted molar refractivity (Wildman–Crippen MR) is 53.0 cm³/mol. The first-order valence-electron chi connectivity index (χ1n) is 5.33. The third-order valence-corrected chi connectivity index (χ3v) is 6.84. The molecular weight excluding hydrogens is 183 g/mol. The molecule has 4 heteroatoms. The largest absolute Gasteiger partial charge is 0.289 e. The predicted octanol–water partition coefficient (Wildman–Crippen LogP) is 1.75. The van der Waals surface area contributed by atoms with Crippen LogP contribution in [-0.2, 0) is 4.57 Å². The summed E-state index contributed by atoms with van der Waals surface area (Å²) >= 11 is 0. The van der Waals surface area contributed by atoms with Crippen LogP contribution in [0.2, 0.25) is 0 Å². The minimum atomic E-state index is -2.08. The molecule has 2 atom stereocenters. The van der Waals surface area contributed by atoms with E-state index in [4.69, 9.17) is 0 Å². The van der Waals surface area contributed by atoms with Crippen molar-refractivity contribution in [1.82, 2.24) is 9.34 Å². The first-order chi connectivity index (χ1) is 6.21. The third kappa shape index (κ3) is 0.958. The molecule has 3 rings (SSSR count). The summed E-state index contributed by atoms with van der Waals surface area (Å²) in [6, 6.07) is 1.27. The number of hydrogen-bond donors (Lipinski definition) is 0. The van der Waals surface area contributed by atoms with Crippen molar-refractivity contribution >= 4 is 7.44 Å². The fraction of sp³-hybridized carbons (Fsp3) is 1.00. The van der Waals surface area contributed by atoms with Gasteiger partial charge in [-0.1, -0.05) is 0 Å². The maximum absolute atomic E-state index is 12.5. The van der Waals surface area contributed by atoms with E-state index < -0.39 is 7.44 Å². The second-order valence-corrected chi connectivity index (χ2v) is 7.28. The molecular formula is C9H17N2OP. The molecule has 3 aliphatic heterocycles. The van der Waals surface area contributed by atoms with E-state index in [1.165, 1.54) is 25.7 Å². The van der Waals surface area contributed by atoms with Crippen molar-refractivity contribution in [1.29, 1.82) is 0 Å². The van der Waals surface area contributed by atoms with E-state index in [-0.39, 0.29) is 0 Å². The van der Waals surface area contributed by atoms with Gasteiger partial charge < -0.3 is 0 Å². The van der Waals surface area contributed by atoms with Crippen molar-refractivity contribution in [2.45, 2.75) is 37.8 Å². The summed E-state index contributed by atoms with van der Waals surface area (Å²) < 4.78 is 17.1. The number of fused-ring (bicyclic) bond motifs is 3. The van der Waals surface area contributed by atoms with Crippen LogP contribution in [0.3, 0.4) is 0 Å². The fourth-order valence-electron chi connectivity index (χ4n) is 3.41. The van der Waals surface area contributed by atoms with Crippen molar-refractivity contribution in [2.75, 3.05) is 19.8 Å². The highest BCUT2D eigenvalue weighted by Crippen LogP contribution is 2.63. The second-order valence-electron chi connectivity index (χ2n) is 4.58. The SMILES string of the molecule is CP1(=O)N2CCCC2C2CCCN21. The first-order valence-corrected chi connectivity index (χ1v) is 7.39. The summed E-state index contributed by atoms with van der Waals surface area (Å²) in [5.41, 5.74) is 0. The van der Waals surface area contributed by atoms with Crippen molar-refractivity contribution in [3.63, 3.8) is 0 Å². The summed E-state index contributed by atoms with van der Waals surface area (Å²) in [5.74, 6) is 0. The van der Waals surface area contributed by atoms with Crippen LogP contribution in [0.1, 0.15) is 25.7 Å². The van der Waals surface area contributed by atoms with Crippen LogP contribution in [0, 0.1) is 0 Å². The van der Waals surface area contributed by atoms with Crippen molar-refractivity contribution in [2.24, 2.45) is 0 Å². The zero-order chi connectivity index (χ0) is 9.05. The first kappa shape index (κ1) is 8.46. The van der Waals surface area contributed by atoms with Gasteiger partial charge in [-0.25, -0.2) is 9.34 Å². The molecule has 3 heterocycles. The maximum Gasteiger partial charge on any atom is 0.214 e. The van der Waals surface area contributed by atoms with E-state index in [0.29, 0.717) is 12.1 Å². The molecule has 3 saturated heterocycles. The highest BCUT2D eigenvalue weighted by atomic mass is 31.2. The summed E-state index contributed by atoms with van der Waals surface area (Å²) in [5, 5.41) is 0. The monoisotopic (exact) mass is 200 g/mol. The van der Waals surface area contributed by atoms with Gasteiger partial charge in [-0.3, -0.25) is 4.57 Å². The van der Waals surface area contributed by atoms with E-state index in [9.17, 15) is 4.57 Å². The van der Waals surface area contributed by atoms with E-state index in [1.807, 2.05) is 6.66 Å². The van der Waals surface area contributed by atoms with Crippen LogP contribution < -0.4 is 0 Å². The molecule has 74 valence electrons. The zero-order valence-electron chi connectivity index (χ0n) is 8.15. The van der Waals surface area contributed by atoms with Gasteiger partial charge in [0.2, 0.25) is 7.44 Å². The van der Waals surface area contributed by atoms with E-state index >= 15 is 0 Å². The van der Waals surface area contributed by atoms with Gasteiger partial charge in [0.15, 0.2) is 0 Å². The van der Waals surface area contributed by atoms with Crippen LogP contribution in [-0.4, -0.2) is 41.2 Å². The molecule has 0 aromatic rings. The highest BCUT2D eigenvalue weighted by Gasteiger charge is 2.54. The van der Waals surface area contributed by atoms with Crippen molar-refractivity contribution in [3.05, 3.63) is 0 Å². The zero-order valence-corrected chi connectivity index (χ0v) is 9.04. The van der Waals surface area contributed by atoms with Crippen LogP contribution in [0.25, 0.3) is 0 Å². The molecule has 0 saturated carbocycles. The highest BCUT2D eigenvalue weighted by molar-refractivity contribution is 7.58. The summed E-state index contributed by atoms with van der Waals surface area (Å²) in [7, 11) is -2.08. The minimum Gasteiger partial charge on any atom is -0.289 e. The Kier molecular flexibility index (Phi) is 1.69. The summed E-state index contributed by atoms with van der Waals surface area (Å²) in [4.78, 5) is 0. The van der Waals surface area contributed by atoms with E-state index in [1.54, 1.807) is 0 Å². The second kappa shape index (κ2) is 2.59. The van der Waals surface area contributed by atoms with Gasteiger partial charge in [-0.2, -0.15) is 0 Å². The van der Waals surface area contributed by atoms with Gasteiger partial charge >= 0.3 is 0 Å². The lowest BCUT2D eigenvalue weighted by atomic mass is 10.1. The molecule has 0 aromatic heterocycles. The van der Waals surface area contributed by atoms with Gasteiger partial charge in [0.25, 0.3) is 0 Å². The maximum atomic E-state index is 12.5. The third-order valence-electron chi connectivity index (χ3n) is 3.94. The molecule has 0 bridgehead atoms. The standard InChI is InChI=1S/C9H17N2OP/c1-13(12)10-6-2-4-8(10)9-5-3-7-11(9)13/h8-9H,2-7H2,1H3. The van der Waals surface area contributed by atoms with Gasteiger partial charge in [0.1, 0.15) is 0 Å². The van der Waals surface area contributed by atoms with Gasteiger partial charge in [-0.05, 0) is 25.7 Å². The average molecular weight is 200 g/mol. The molecule has 0 spiro atoms. The number of rotatable bonds is 0. The van der Waals surface area contributed by atoms with E-state index in [2.05, 4.69) is 9.34 Å². The molecule has 0 amide bonds. The molecule has 0 radical (unpaired) electrons. The Morgan fingerprint density at radius 2 is 1.54 bits per heavy atom. The molecule has 2 unspecified atom stereocenters. The molecule has 3 nitrogen and oxygen atoms in total. The quantitative estimate of drug-likeness (QED) is 0.556. The molecule has 13 heavy (non-hydrogen) atoms. The fourth-order valence-corrected chi connectivity index (χ4v) is 6.37. The smallest absolute Gasteiger partial charge is 0.214 e. The Labute approximate surface area is 79.6 Å². The van der Waals surface area contributed by atoms with Crippen LogP contribution >= 0.6 is 7.44 Å². The van der Waals surface area contributed by atoms with Crippen LogP contribution in [0.4, 0.5) is 0 Å². The molecule has 0 N–H and O–H groups in total. The van der Waals surface area contributed by atoms with Crippen molar-refractivity contribution in [3.8, 4) is 0 Å². The van der Waals surface area contributed by atoms with Crippen molar-refractivity contribution < 1.29 is 4.57 Å². The lowest BCUT2D eigenvalue weighted by Gasteiger charge is -2.24. The minimum absolute atomic E-state index is 0.637. The van der Waals surface area contributed by atoms with Gasteiger partial charge in [0.05, 0.1) is 0 Å². The van der Waals surface area contributed by atoms with Crippen LogP contribution in [0.5, 0.6) is 0 Å². The number of nitrogens with zero attached hydrogens (tertiary/aromatic N) is 2. The Bertz CT molecular complexity index is 257. The normalized spacial score (nSPS) is 51.2. The lowest BCUT2D eigenvalue weighted by Crippen LogP contribution is -2.29. The Morgan fingerprint density at radius 3 is 2.00 bits per heavy atom. The Balaban J connectivity index is 2.01. The van der Waals surface area contributed by atoms with Gasteiger partial charge in [0, 0.05) is 31.8 Å². The molecule has 3 fully saturated rings. The van der Waals surface area contributed by atoms with Crippen LogP contribution in [0.15, 0.2) is 0 Å². The summed E-state index contributed by atoms with van der Waals surface area (Å²) in [6.07, 6.45) is 5.07. The van der Waals surface area contributed by atoms with E-state index in [0.717, 1.165) is 13.1 Å². The molecule has 3 aliphatic rings. The lowest BCUT2D eigenvalue weighted by molar-refractivity contribution is 0.341. The Morgan fingerprint density at radius 1 is 1.08 bits per heavy atom.